The number of pyridine rings is 1. The zero-order valence-electron chi connectivity index (χ0n) is 12.0. The molecule has 0 saturated carbocycles. The van der Waals surface area contributed by atoms with Gasteiger partial charge in [0.1, 0.15) is 5.82 Å². The maximum Gasteiger partial charge on any atom is 0.223 e. The summed E-state index contributed by atoms with van der Waals surface area (Å²) in [4.78, 5) is 12.4. The molecule has 0 unspecified atom stereocenters. The molecule has 0 atom stereocenters. The average molecular weight is 279 g/mol. The molecule has 21 heavy (non-hydrogen) atoms. The molecule has 4 heteroatoms. The van der Waals surface area contributed by atoms with E-state index in [1.165, 1.54) is 0 Å². The third-order valence-corrected chi connectivity index (χ3v) is 3.37. The van der Waals surface area contributed by atoms with E-state index in [2.05, 4.69) is 27.6 Å². The Hall–Kier alpha value is -2.62. The van der Waals surface area contributed by atoms with Gasteiger partial charge in [0.25, 0.3) is 0 Å². The summed E-state index contributed by atoms with van der Waals surface area (Å²) in [6.45, 7) is 3.73. The second-order valence-electron chi connectivity index (χ2n) is 4.80. The van der Waals surface area contributed by atoms with Crippen LogP contribution in [-0.4, -0.2) is 22.1 Å². The highest BCUT2D eigenvalue weighted by atomic mass is 16.5. The Bertz CT molecular complexity index is 777. The van der Waals surface area contributed by atoms with Crippen molar-refractivity contribution in [2.75, 3.05) is 7.11 Å². The second kappa shape index (κ2) is 5.79. The van der Waals surface area contributed by atoms with E-state index in [1.807, 2.05) is 36.5 Å². The summed E-state index contributed by atoms with van der Waals surface area (Å²) in [5.74, 6) is 1.54. The summed E-state index contributed by atoms with van der Waals surface area (Å²) >= 11 is 0. The SMILES string of the molecule is C=CCCc1nc(-c2cc3ccccc3nc2OC)c[nH]1. The monoisotopic (exact) mass is 279 g/mol. The number of nitrogens with one attached hydrogen (secondary N) is 1. The highest BCUT2D eigenvalue weighted by Gasteiger charge is 2.12. The summed E-state index contributed by atoms with van der Waals surface area (Å²) in [5.41, 5.74) is 2.67. The van der Waals surface area contributed by atoms with Gasteiger partial charge in [-0.1, -0.05) is 24.3 Å². The number of imidazole rings is 1. The molecule has 1 aromatic carbocycles. The number of rotatable bonds is 5. The summed E-state index contributed by atoms with van der Waals surface area (Å²) in [5, 5.41) is 1.07. The smallest absolute Gasteiger partial charge is 0.223 e. The first-order valence-electron chi connectivity index (χ1n) is 6.91. The normalized spacial score (nSPS) is 10.7. The molecule has 0 aliphatic rings. The van der Waals surface area contributed by atoms with Crippen LogP contribution in [0, 0.1) is 0 Å². The molecule has 0 spiro atoms. The Kier molecular flexibility index (Phi) is 3.69. The molecule has 2 heterocycles. The largest absolute Gasteiger partial charge is 0.480 e. The van der Waals surface area contributed by atoms with Crippen LogP contribution in [0.1, 0.15) is 12.2 Å². The first kappa shape index (κ1) is 13.4. The lowest BCUT2D eigenvalue weighted by Gasteiger charge is -2.07. The lowest BCUT2D eigenvalue weighted by molar-refractivity contribution is 0.401. The van der Waals surface area contributed by atoms with Gasteiger partial charge in [0.15, 0.2) is 0 Å². The fourth-order valence-corrected chi connectivity index (χ4v) is 2.30. The van der Waals surface area contributed by atoms with E-state index in [0.717, 1.165) is 40.8 Å². The molecular formula is C17H17N3O. The van der Waals surface area contributed by atoms with E-state index in [0.29, 0.717) is 5.88 Å². The minimum Gasteiger partial charge on any atom is -0.480 e. The summed E-state index contributed by atoms with van der Waals surface area (Å²) in [7, 11) is 1.63. The zero-order chi connectivity index (χ0) is 14.7. The summed E-state index contributed by atoms with van der Waals surface area (Å²) < 4.78 is 5.42. The van der Waals surface area contributed by atoms with Gasteiger partial charge in [-0.15, -0.1) is 6.58 Å². The van der Waals surface area contributed by atoms with Crippen LogP contribution in [0.2, 0.25) is 0 Å². The first-order valence-corrected chi connectivity index (χ1v) is 6.91. The number of ether oxygens (including phenoxy) is 1. The van der Waals surface area contributed by atoms with Crippen molar-refractivity contribution in [1.82, 2.24) is 15.0 Å². The van der Waals surface area contributed by atoms with E-state index in [1.54, 1.807) is 7.11 Å². The van der Waals surface area contributed by atoms with Crippen molar-refractivity contribution in [2.24, 2.45) is 0 Å². The van der Waals surface area contributed by atoms with Crippen LogP contribution in [0.3, 0.4) is 0 Å². The fourth-order valence-electron chi connectivity index (χ4n) is 2.30. The van der Waals surface area contributed by atoms with Gasteiger partial charge in [-0.05, 0) is 18.6 Å². The number of para-hydroxylation sites is 1. The van der Waals surface area contributed by atoms with Crippen LogP contribution >= 0.6 is 0 Å². The van der Waals surface area contributed by atoms with E-state index in [9.17, 15) is 0 Å². The van der Waals surface area contributed by atoms with Crippen molar-refractivity contribution in [3.05, 3.63) is 55.0 Å². The molecule has 4 nitrogen and oxygen atoms in total. The fraction of sp³-hybridized carbons (Fsp3) is 0.176. The topological polar surface area (TPSA) is 50.8 Å². The Morgan fingerprint density at radius 2 is 2.14 bits per heavy atom. The molecule has 0 bridgehead atoms. The number of nitrogens with zero attached hydrogens (tertiary/aromatic N) is 2. The van der Waals surface area contributed by atoms with Gasteiger partial charge >= 0.3 is 0 Å². The maximum absolute atomic E-state index is 5.42. The van der Waals surface area contributed by atoms with Gasteiger partial charge in [-0.25, -0.2) is 9.97 Å². The summed E-state index contributed by atoms with van der Waals surface area (Å²) in [6.07, 6.45) is 5.54. The Balaban J connectivity index is 2.05. The third kappa shape index (κ3) is 2.65. The number of hydrogen-bond donors (Lipinski definition) is 1. The van der Waals surface area contributed by atoms with Crippen LogP contribution in [0.5, 0.6) is 5.88 Å². The molecule has 1 N–H and O–H groups in total. The number of H-pyrrole nitrogens is 1. The maximum atomic E-state index is 5.42. The molecule has 0 aliphatic heterocycles. The lowest BCUT2D eigenvalue weighted by atomic mass is 10.1. The number of aryl methyl sites for hydroxylation is 1. The third-order valence-electron chi connectivity index (χ3n) is 3.37. The number of hydrogen-bond acceptors (Lipinski definition) is 3. The quantitative estimate of drug-likeness (QED) is 0.724. The van der Waals surface area contributed by atoms with Crippen LogP contribution in [0.15, 0.2) is 49.2 Å². The first-order chi connectivity index (χ1) is 10.3. The predicted octanol–water partition coefficient (Wildman–Crippen LogP) is 3.75. The van der Waals surface area contributed by atoms with Gasteiger partial charge in [-0.2, -0.15) is 0 Å². The van der Waals surface area contributed by atoms with Gasteiger partial charge < -0.3 is 9.72 Å². The molecule has 3 rings (SSSR count). The van der Waals surface area contributed by atoms with E-state index < -0.39 is 0 Å². The number of aromatic nitrogens is 3. The highest BCUT2D eigenvalue weighted by Crippen LogP contribution is 2.30. The Morgan fingerprint density at radius 3 is 2.95 bits per heavy atom. The number of aromatic amines is 1. The van der Waals surface area contributed by atoms with E-state index in [-0.39, 0.29) is 0 Å². The molecular weight excluding hydrogens is 262 g/mol. The van der Waals surface area contributed by atoms with Crippen molar-refractivity contribution in [2.45, 2.75) is 12.8 Å². The molecule has 106 valence electrons. The molecule has 3 aromatic rings. The molecule has 0 saturated heterocycles. The molecule has 2 aromatic heterocycles. The highest BCUT2D eigenvalue weighted by molar-refractivity contribution is 5.85. The van der Waals surface area contributed by atoms with Gasteiger partial charge in [0.2, 0.25) is 5.88 Å². The number of benzene rings is 1. The lowest BCUT2D eigenvalue weighted by Crippen LogP contribution is -1.93. The van der Waals surface area contributed by atoms with Crippen LogP contribution in [0.25, 0.3) is 22.2 Å². The van der Waals surface area contributed by atoms with Gasteiger partial charge in [-0.3, -0.25) is 0 Å². The standard InChI is InChI=1S/C17H17N3O/c1-3-4-9-16-18-11-15(19-16)13-10-12-7-5-6-8-14(12)20-17(13)21-2/h3,5-8,10-11H,1,4,9H2,2H3,(H,18,19). The number of methoxy groups -OCH3 is 1. The van der Waals surface area contributed by atoms with E-state index in [4.69, 9.17) is 4.74 Å². The Morgan fingerprint density at radius 1 is 1.29 bits per heavy atom. The van der Waals surface area contributed by atoms with Gasteiger partial charge in [0.05, 0.1) is 23.9 Å². The van der Waals surface area contributed by atoms with E-state index >= 15 is 0 Å². The Labute approximate surface area is 123 Å². The second-order valence-corrected chi connectivity index (χ2v) is 4.80. The molecule has 0 amide bonds. The van der Waals surface area contributed by atoms with Gasteiger partial charge in [0, 0.05) is 18.0 Å². The van der Waals surface area contributed by atoms with Crippen molar-refractivity contribution < 1.29 is 4.74 Å². The number of fused-ring (bicyclic) bond motifs is 1. The van der Waals surface area contributed by atoms with Crippen molar-refractivity contribution in [1.29, 1.82) is 0 Å². The zero-order valence-corrected chi connectivity index (χ0v) is 12.0. The molecule has 0 radical (unpaired) electrons. The van der Waals surface area contributed by atoms with Crippen molar-refractivity contribution in [3.63, 3.8) is 0 Å². The molecule has 0 aliphatic carbocycles. The molecule has 0 fully saturated rings. The minimum atomic E-state index is 0.593. The number of allylic oxidation sites excluding steroid dienone is 1. The predicted molar refractivity (Wildman–Crippen MR) is 84.4 cm³/mol. The minimum absolute atomic E-state index is 0.593. The van der Waals surface area contributed by atoms with Crippen molar-refractivity contribution >= 4 is 10.9 Å². The van der Waals surface area contributed by atoms with Crippen LogP contribution in [0.4, 0.5) is 0 Å². The average Bonchev–Trinajstić information content (AvgIpc) is 3.00. The van der Waals surface area contributed by atoms with Crippen LogP contribution in [-0.2, 0) is 6.42 Å². The summed E-state index contributed by atoms with van der Waals surface area (Å²) in [6, 6.07) is 10.0. The van der Waals surface area contributed by atoms with Crippen molar-refractivity contribution in [3.8, 4) is 17.1 Å². The van der Waals surface area contributed by atoms with Crippen LogP contribution < -0.4 is 4.74 Å².